The average Bonchev–Trinajstić information content (AvgIpc) is 2.25. The van der Waals surface area contributed by atoms with Gasteiger partial charge in [0.25, 0.3) is 0 Å². The van der Waals surface area contributed by atoms with Crippen molar-refractivity contribution in [3.05, 3.63) is 5.82 Å². The molecular formula is C11H21N5O2. The zero-order chi connectivity index (χ0) is 13.5. The monoisotopic (exact) mass is 255 g/mol. The number of aliphatic hydroxyl groups excluding tert-OH is 1. The van der Waals surface area contributed by atoms with Gasteiger partial charge in [-0.15, -0.1) is 0 Å². The highest BCUT2D eigenvalue weighted by Crippen LogP contribution is 2.07. The van der Waals surface area contributed by atoms with Gasteiger partial charge in [0.2, 0.25) is 11.9 Å². The number of nitrogens with one attached hydrogen (secondary N) is 1. The first kappa shape index (κ1) is 14.6. The van der Waals surface area contributed by atoms with Crippen LogP contribution in [0.25, 0.3) is 0 Å². The zero-order valence-corrected chi connectivity index (χ0v) is 11.1. The molecule has 0 spiro atoms. The minimum atomic E-state index is -0.610. The lowest BCUT2D eigenvalue weighted by Crippen LogP contribution is -2.25. The number of methoxy groups -OCH3 is 1. The van der Waals surface area contributed by atoms with Crippen LogP contribution >= 0.6 is 0 Å². The van der Waals surface area contributed by atoms with E-state index in [4.69, 9.17) is 10.5 Å². The van der Waals surface area contributed by atoms with E-state index in [1.54, 1.807) is 0 Å². The molecule has 7 heteroatoms. The van der Waals surface area contributed by atoms with Gasteiger partial charge in [-0.25, -0.2) is 0 Å². The van der Waals surface area contributed by atoms with Gasteiger partial charge in [-0.2, -0.15) is 15.0 Å². The molecule has 1 aromatic rings. The van der Waals surface area contributed by atoms with Crippen LogP contribution in [0.3, 0.4) is 0 Å². The molecule has 0 fully saturated rings. The van der Waals surface area contributed by atoms with Crippen molar-refractivity contribution in [2.24, 2.45) is 5.92 Å². The van der Waals surface area contributed by atoms with Crippen molar-refractivity contribution in [3.8, 4) is 0 Å². The number of hydrogen-bond donors (Lipinski definition) is 3. The van der Waals surface area contributed by atoms with Crippen molar-refractivity contribution in [1.29, 1.82) is 0 Å². The van der Waals surface area contributed by atoms with Crippen molar-refractivity contribution in [1.82, 2.24) is 15.0 Å². The molecule has 102 valence electrons. The first-order chi connectivity index (χ1) is 8.51. The number of anilines is 2. The summed E-state index contributed by atoms with van der Waals surface area (Å²) in [5.41, 5.74) is 5.61. The van der Waals surface area contributed by atoms with E-state index in [0.29, 0.717) is 24.2 Å². The molecule has 0 bridgehead atoms. The molecule has 1 atom stereocenters. The largest absolute Gasteiger partial charge is 0.389 e. The quantitative estimate of drug-likeness (QED) is 0.633. The van der Waals surface area contributed by atoms with Crippen LogP contribution in [-0.4, -0.2) is 46.4 Å². The van der Waals surface area contributed by atoms with Crippen LogP contribution in [0, 0.1) is 5.92 Å². The molecule has 0 amide bonds. The van der Waals surface area contributed by atoms with E-state index in [-0.39, 0.29) is 12.6 Å². The highest BCUT2D eigenvalue weighted by Gasteiger charge is 2.08. The summed E-state index contributed by atoms with van der Waals surface area (Å²) >= 11 is 0. The Balaban J connectivity index is 2.62. The third-order valence-corrected chi connectivity index (χ3v) is 2.14. The minimum absolute atomic E-state index is 0.185. The molecule has 18 heavy (non-hydrogen) atoms. The fourth-order valence-corrected chi connectivity index (χ4v) is 1.43. The Morgan fingerprint density at radius 3 is 2.67 bits per heavy atom. The Kier molecular flexibility index (Phi) is 5.73. The minimum Gasteiger partial charge on any atom is -0.389 e. The first-order valence-corrected chi connectivity index (χ1v) is 5.92. The normalized spacial score (nSPS) is 12.7. The summed E-state index contributed by atoms with van der Waals surface area (Å²) in [5, 5.41) is 12.4. The molecule has 0 aliphatic heterocycles. The maximum atomic E-state index is 9.50. The summed E-state index contributed by atoms with van der Waals surface area (Å²) in [6.45, 7) is 4.72. The Morgan fingerprint density at radius 2 is 2.06 bits per heavy atom. The molecule has 0 aliphatic rings. The van der Waals surface area contributed by atoms with Crippen molar-refractivity contribution in [3.63, 3.8) is 0 Å². The fraction of sp³-hybridized carbons (Fsp3) is 0.727. The van der Waals surface area contributed by atoms with Crippen LogP contribution in [-0.2, 0) is 11.2 Å². The van der Waals surface area contributed by atoms with Gasteiger partial charge in [0.15, 0.2) is 0 Å². The smallest absolute Gasteiger partial charge is 0.227 e. The van der Waals surface area contributed by atoms with Crippen LogP contribution in [0.5, 0.6) is 0 Å². The molecule has 1 unspecified atom stereocenters. The number of nitrogen functional groups attached to an aromatic ring is 1. The molecule has 1 heterocycles. The van der Waals surface area contributed by atoms with Crippen LogP contribution in [0.2, 0.25) is 0 Å². The lowest BCUT2D eigenvalue weighted by atomic mass is 10.1. The number of nitrogens with two attached hydrogens (primary N) is 1. The van der Waals surface area contributed by atoms with Gasteiger partial charge in [0.05, 0.1) is 12.7 Å². The van der Waals surface area contributed by atoms with E-state index in [0.717, 1.165) is 6.42 Å². The van der Waals surface area contributed by atoms with Crippen molar-refractivity contribution in [2.75, 3.05) is 31.3 Å². The Morgan fingerprint density at radius 1 is 1.33 bits per heavy atom. The standard InChI is InChI=1S/C11H21N5O2/c1-7(2)4-9-14-10(12)16-11(15-9)13-5-8(17)6-18-3/h7-8,17H,4-6H2,1-3H3,(H3,12,13,14,15,16). The lowest BCUT2D eigenvalue weighted by molar-refractivity contribution is 0.0726. The summed E-state index contributed by atoms with van der Waals surface area (Å²) in [7, 11) is 1.53. The first-order valence-electron chi connectivity index (χ1n) is 5.92. The third-order valence-electron chi connectivity index (χ3n) is 2.14. The number of aliphatic hydroxyl groups is 1. The zero-order valence-electron chi connectivity index (χ0n) is 11.1. The van der Waals surface area contributed by atoms with Crippen molar-refractivity contribution in [2.45, 2.75) is 26.4 Å². The molecule has 1 aromatic heterocycles. The lowest BCUT2D eigenvalue weighted by Gasteiger charge is -2.11. The summed E-state index contributed by atoms with van der Waals surface area (Å²) in [5.74, 6) is 1.66. The number of ether oxygens (including phenoxy) is 1. The number of nitrogens with zero attached hydrogens (tertiary/aromatic N) is 3. The van der Waals surface area contributed by atoms with Crippen molar-refractivity contribution < 1.29 is 9.84 Å². The number of rotatable bonds is 7. The van der Waals surface area contributed by atoms with Gasteiger partial charge < -0.3 is 20.9 Å². The van der Waals surface area contributed by atoms with E-state index in [1.165, 1.54) is 7.11 Å². The van der Waals surface area contributed by atoms with Gasteiger partial charge in [-0.1, -0.05) is 13.8 Å². The highest BCUT2D eigenvalue weighted by molar-refractivity contribution is 5.31. The second kappa shape index (κ2) is 7.07. The van der Waals surface area contributed by atoms with Crippen molar-refractivity contribution >= 4 is 11.9 Å². The SMILES string of the molecule is COCC(O)CNc1nc(N)nc(CC(C)C)n1. The van der Waals surface area contributed by atoms with Crippen LogP contribution < -0.4 is 11.1 Å². The van der Waals surface area contributed by atoms with E-state index in [2.05, 4.69) is 34.1 Å². The number of hydrogen-bond acceptors (Lipinski definition) is 7. The molecule has 0 radical (unpaired) electrons. The molecule has 4 N–H and O–H groups in total. The van der Waals surface area contributed by atoms with Crippen LogP contribution in [0.1, 0.15) is 19.7 Å². The van der Waals surface area contributed by atoms with E-state index < -0.39 is 6.10 Å². The Hall–Kier alpha value is -1.47. The molecule has 1 rings (SSSR count). The second-order valence-corrected chi connectivity index (χ2v) is 4.52. The Labute approximate surface area is 107 Å². The van der Waals surface area contributed by atoms with Gasteiger partial charge in [-0.05, 0) is 5.92 Å². The average molecular weight is 255 g/mol. The summed E-state index contributed by atoms with van der Waals surface area (Å²) in [6, 6.07) is 0. The molecule has 0 aromatic carbocycles. The Bertz CT molecular complexity index is 372. The van der Waals surface area contributed by atoms with Gasteiger partial charge in [0, 0.05) is 20.1 Å². The van der Waals surface area contributed by atoms with E-state index in [1.807, 2.05) is 0 Å². The molecule has 7 nitrogen and oxygen atoms in total. The molecule has 0 saturated heterocycles. The molecular weight excluding hydrogens is 234 g/mol. The number of aromatic nitrogens is 3. The summed E-state index contributed by atoms with van der Waals surface area (Å²) in [4.78, 5) is 12.3. The summed E-state index contributed by atoms with van der Waals surface area (Å²) < 4.78 is 4.82. The summed E-state index contributed by atoms with van der Waals surface area (Å²) in [6.07, 6.45) is 0.128. The second-order valence-electron chi connectivity index (χ2n) is 4.52. The van der Waals surface area contributed by atoms with Gasteiger partial charge in [-0.3, -0.25) is 0 Å². The maximum absolute atomic E-state index is 9.50. The van der Waals surface area contributed by atoms with Gasteiger partial charge in [0.1, 0.15) is 5.82 Å². The fourth-order valence-electron chi connectivity index (χ4n) is 1.43. The van der Waals surface area contributed by atoms with Gasteiger partial charge >= 0.3 is 0 Å². The van der Waals surface area contributed by atoms with E-state index >= 15 is 0 Å². The van der Waals surface area contributed by atoms with Crippen LogP contribution in [0.15, 0.2) is 0 Å². The topological polar surface area (TPSA) is 106 Å². The third kappa shape index (κ3) is 5.24. The van der Waals surface area contributed by atoms with Crippen LogP contribution in [0.4, 0.5) is 11.9 Å². The molecule has 0 aliphatic carbocycles. The van der Waals surface area contributed by atoms with E-state index in [9.17, 15) is 5.11 Å². The molecule has 0 saturated carbocycles. The predicted octanol–water partition coefficient (Wildman–Crippen LogP) is 0.0715. The highest BCUT2D eigenvalue weighted by atomic mass is 16.5. The predicted molar refractivity (Wildman–Crippen MR) is 69.2 cm³/mol. The maximum Gasteiger partial charge on any atom is 0.227 e.